The van der Waals surface area contributed by atoms with Crippen molar-refractivity contribution in [2.75, 3.05) is 13.2 Å². The first-order valence-corrected chi connectivity index (χ1v) is 4.95. The highest BCUT2D eigenvalue weighted by Crippen LogP contribution is 2.15. The van der Waals surface area contributed by atoms with Gasteiger partial charge in [0.2, 0.25) is 0 Å². The molecule has 0 aliphatic rings. The van der Waals surface area contributed by atoms with Gasteiger partial charge in [-0.3, -0.25) is 0 Å². The minimum atomic E-state index is -3.17. The van der Waals surface area contributed by atoms with Gasteiger partial charge in [0, 0.05) is 11.6 Å². The number of hydrogen-bond acceptors (Lipinski definition) is 2. The molecule has 0 atom stereocenters. The van der Waals surface area contributed by atoms with E-state index in [0.29, 0.717) is 5.56 Å². The fourth-order valence-corrected chi connectivity index (χ4v) is 1.40. The number of halogens is 4. The summed E-state index contributed by atoms with van der Waals surface area (Å²) in [5.41, 5.74) is 0.471. The third-order valence-corrected chi connectivity index (χ3v) is 2.08. The molecule has 16 heavy (non-hydrogen) atoms. The summed E-state index contributed by atoms with van der Waals surface area (Å²) in [6, 6.07) is 3.82. The first-order valence-electron chi connectivity index (χ1n) is 4.57. The van der Waals surface area contributed by atoms with Crippen LogP contribution in [0, 0.1) is 5.82 Å². The molecule has 2 nitrogen and oxygen atoms in total. The van der Waals surface area contributed by atoms with Crippen molar-refractivity contribution in [3.05, 3.63) is 34.6 Å². The summed E-state index contributed by atoms with van der Waals surface area (Å²) in [5, 5.41) is 10.9. The number of hydrogen-bond donors (Lipinski definition) is 2. The summed E-state index contributed by atoms with van der Waals surface area (Å²) in [4.78, 5) is 0. The van der Waals surface area contributed by atoms with Crippen molar-refractivity contribution >= 4 is 11.6 Å². The van der Waals surface area contributed by atoms with E-state index < -0.39 is 24.9 Å². The van der Waals surface area contributed by atoms with Crippen LogP contribution in [0.3, 0.4) is 0 Å². The fourth-order valence-electron chi connectivity index (χ4n) is 1.16. The monoisotopic (exact) mass is 253 g/mol. The lowest BCUT2D eigenvalue weighted by atomic mass is 10.2. The molecular weight excluding hydrogens is 243 g/mol. The molecule has 90 valence electrons. The molecule has 0 spiro atoms. The molecule has 1 rings (SSSR count). The van der Waals surface area contributed by atoms with Crippen molar-refractivity contribution in [3.8, 4) is 0 Å². The predicted molar refractivity (Wildman–Crippen MR) is 55.1 cm³/mol. The molecule has 0 fully saturated rings. The number of aliphatic hydroxyl groups excluding tert-OH is 1. The van der Waals surface area contributed by atoms with Crippen molar-refractivity contribution in [1.29, 1.82) is 0 Å². The average Bonchev–Trinajstić information content (AvgIpc) is 2.16. The number of rotatable bonds is 5. The Kier molecular flexibility index (Phi) is 4.58. The second-order valence-electron chi connectivity index (χ2n) is 3.40. The highest BCUT2D eigenvalue weighted by Gasteiger charge is 2.26. The number of benzene rings is 1. The standard InChI is InChI=1S/C10H11ClF3NO/c11-8-1-7(2-9(12)3-8)4-15-5-10(13,14)6-16/h1-3,15-16H,4-6H2. The van der Waals surface area contributed by atoms with Gasteiger partial charge in [0.25, 0.3) is 5.92 Å². The molecule has 0 saturated heterocycles. The summed E-state index contributed by atoms with van der Waals surface area (Å²) in [6.07, 6.45) is 0. The van der Waals surface area contributed by atoms with Crippen molar-refractivity contribution in [2.24, 2.45) is 0 Å². The molecule has 0 unspecified atom stereocenters. The molecule has 0 radical (unpaired) electrons. The van der Waals surface area contributed by atoms with Crippen LogP contribution in [0.5, 0.6) is 0 Å². The Hall–Kier alpha value is -0.780. The summed E-state index contributed by atoms with van der Waals surface area (Å²) in [6.45, 7) is -1.82. The summed E-state index contributed by atoms with van der Waals surface area (Å²) >= 11 is 5.59. The van der Waals surface area contributed by atoms with Gasteiger partial charge in [-0.15, -0.1) is 0 Å². The lowest BCUT2D eigenvalue weighted by molar-refractivity contribution is -0.0477. The normalized spacial score (nSPS) is 11.8. The Morgan fingerprint density at radius 3 is 2.56 bits per heavy atom. The first kappa shape index (κ1) is 13.3. The van der Waals surface area contributed by atoms with Crippen LogP contribution in [0.25, 0.3) is 0 Å². The number of alkyl halides is 2. The summed E-state index contributed by atoms with van der Waals surface area (Å²) in [7, 11) is 0. The minimum Gasteiger partial charge on any atom is -0.390 e. The zero-order chi connectivity index (χ0) is 12.2. The molecule has 1 aromatic carbocycles. The van der Waals surface area contributed by atoms with E-state index in [4.69, 9.17) is 16.7 Å². The van der Waals surface area contributed by atoms with Crippen molar-refractivity contribution in [3.63, 3.8) is 0 Å². The summed E-state index contributed by atoms with van der Waals surface area (Å²) in [5.74, 6) is -3.69. The van der Waals surface area contributed by atoms with Crippen LogP contribution in [-0.4, -0.2) is 24.2 Å². The number of nitrogens with one attached hydrogen (secondary N) is 1. The Bertz CT molecular complexity index is 340. The quantitative estimate of drug-likeness (QED) is 0.843. The van der Waals surface area contributed by atoms with E-state index in [1.807, 2.05) is 0 Å². The van der Waals surface area contributed by atoms with Crippen LogP contribution in [0.4, 0.5) is 13.2 Å². The third-order valence-electron chi connectivity index (χ3n) is 1.87. The molecule has 0 amide bonds. The molecule has 0 bridgehead atoms. The minimum absolute atomic E-state index is 0.0626. The molecule has 0 saturated carbocycles. The van der Waals surface area contributed by atoms with Gasteiger partial charge < -0.3 is 10.4 Å². The zero-order valence-corrected chi connectivity index (χ0v) is 9.07. The maximum Gasteiger partial charge on any atom is 0.282 e. The molecule has 1 aromatic rings. The van der Waals surface area contributed by atoms with Crippen molar-refractivity contribution in [1.82, 2.24) is 5.32 Å². The molecule has 2 N–H and O–H groups in total. The second-order valence-corrected chi connectivity index (χ2v) is 3.83. The van der Waals surface area contributed by atoms with E-state index in [1.165, 1.54) is 12.1 Å². The van der Waals surface area contributed by atoms with Crippen LogP contribution in [0.15, 0.2) is 18.2 Å². The van der Waals surface area contributed by atoms with Crippen LogP contribution in [0.1, 0.15) is 5.56 Å². The Balaban J connectivity index is 2.49. The lowest BCUT2D eigenvalue weighted by Gasteiger charge is -2.13. The van der Waals surface area contributed by atoms with E-state index in [1.54, 1.807) is 0 Å². The molecule has 0 aromatic heterocycles. The van der Waals surface area contributed by atoms with Gasteiger partial charge in [-0.25, -0.2) is 13.2 Å². The Morgan fingerprint density at radius 1 is 1.31 bits per heavy atom. The highest BCUT2D eigenvalue weighted by atomic mass is 35.5. The zero-order valence-electron chi connectivity index (χ0n) is 8.31. The lowest BCUT2D eigenvalue weighted by Crippen LogP contribution is -2.35. The second kappa shape index (κ2) is 5.52. The van der Waals surface area contributed by atoms with Crippen LogP contribution in [-0.2, 0) is 6.54 Å². The molecular formula is C10H11ClF3NO. The topological polar surface area (TPSA) is 32.3 Å². The van der Waals surface area contributed by atoms with Crippen LogP contribution in [0.2, 0.25) is 5.02 Å². The highest BCUT2D eigenvalue weighted by molar-refractivity contribution is 6.30. The largest absolute Gasteiger partial charge is 0.390 e. The molecule has 0 heterocycles. The SMILES string of the molecule is OCC(F)(F)CNCc1cc(F)cc(Cl)c1. The van der Waals surface area contributed by atoms with Gasteiger partial charge in [0.05, 0.1) is 6.54 Å². The fraction of sp³-hybridized carbons (Fsp3) is 0.400. The van der Waals surface area contributed by atoms with Crippen LogP contribution < -0.4 is 5.32 Å². The van der Waals surface area contributed by atoms with Crippen LogP contribution >= 0.6 is 11.6 Å². The van der Waals surface area contributed by atoms with Gasteiger partial charge in [0.1, 0.15) is 12.4 Å². The molecule has 0 aliphatic carbocycles. The molecule has 0 aliphatic heterocycles. The van der Waals surface area contributed by atoms with E-state index in [0.717, 1.165) is 6.07 Å². The average molecular weight is 254 g/mol. The van der Waals surface area contributed by atoms with Gasteiger partial charge >= 0.3 is 0 Å². The molecule has 6 heteroatoms. The van der Waals surface area contributed by atoms with E-state index >= 15 is 0 Å². The van der Waals surface area contributed by atoms with Gasteiger partial charge in [0.15, 0.2) is 0 Å². The van der Waals surface area contributed by atoms with E-state index in [2.05, 4.69) is 5.32 Å². The van der Waals surface area contributed by atoms with Crippen molar-refractivity contribution < 1.29 is 18.3 Å². The smallest absolute Gasteiger partial charge is 0.282 e. The maximum atomic E-state index is 12.9. The van der Waals surface area contributed by atoms with Gasteiger partial charge in [-0.2, -0.15) is 0 Å². The first-order chi connectivity index (χ1) is 7.43. The van der Waals surface area contributed by atoms with Gasteiger partial charge in [-0.1, -0.05) is 11.6 Å². The predicted octanol–water partition coefficient (Wildman–Crippen LogP) is 2.20. The Morgan fingerprint density at radius 2 is 2.00 bits per heavy atom. The van der Waals surface area contributed by atoms with E-state index in [-0.39, 0.29) is 11.6 Å². The summed E-state index contributed by atoms with van der Waals surface area (Å²) < 4.78 is 38.1. The number of aliphatic hydroxyl groups is 1. The third kappa shape index (κ3) is 4.38. The maximum absolute atomic E-state index is 12.9. The Labute approximate surface area is 96.0 Å². The van der Waals surface area contributed by atoms with Gasteiger partial charge in [-0.05, 0) is 23.8 Å². The van der Waals surface area contributed by atoms with E-state index in [9.17, 15) is 13.2 Å². The van der Waals surface area contributed by atoms with Crippen molar-refractivity contribution in [2.45, 2.75) is 12.5 Å².